The fourth-order valence-corrected chi connectivity index (χ4v) is 3.85. The number of carbonyl (C=O) groups is 1. The van der Waals surface area contributed by atoms with Crippen LogP contribution in [0.3, 0.4) is 0 Å². The van der Waals surface area contributed by atoms with Gasteiger partial charge in [0, 0.05) is 44.2 Å². The van der Waals surface area contributed by atoms with Gasteiger partial charge < -0.3 is 9.64 Å². The van der Waals surface area contributed by atoms with Gasteiger partial charge in [0.05, 0.1) is 6.10 Å². The Balaban J connectivity index is 1.44. The van der Waals surface area contributed by atoms with Gasteiger partial charge in [-0.3, -0.25) is 9.69 Å². The number of rotatable bonds is 8. The summed E-state index contributed by atoms with van der Waals surface area (Å²) in [6.07, 6.45) is 0.165. The molecular weight excluding hydrogens is 348 g/mol. The van der Waals surface area contributed by atoms with Crippen molar-refractivity contribution in [2.45, 2.75) is 33.1 Å². The number of benzene rings is 2. The van der Waals surface area contributed by atoms with Crippen LogP contribution in [0.15, 0.2) is 60.7 Å². The molecule has 1 aliphatic heterocycles. The van der Waals surface area contributed by atoms with E-state index in [2.05, 4.69) is 47.9 Å². The van der Waals surface area contributed by atoms with E-state index in [4.69, 9.17) is 4.74 Å². The van der Waals surface area contributed by atoms with Crippen LogP contribution in [0.5, 0.6) is 0 Å². The number of ketones is 1. The summed E-state index contributed by atoms with van der Waals surface area (Å²) in [4.78, 5) is 17.4. The number of carbonyl (C=O) groups excluding carboxylic acids is 1. The maximum atomic E-state index is 12.6. The van der Waals surface area contributed by atoms with E-state index in [0.29, 0.717) is 0 Å². The fourth-order valence-electron chi connectivity index (χ4n) is 3.85. The van der Waals surface area contributed by atoms with Gasteiger partial charge in [-0.05, 0) is 19.4 Å². The summed E-state index contributed by atoms with van der Waals surface area (Å²) in [6, 6.07) is 20.0. The quantitative estimate of drug-likeness (QED) is 0.641. The smallest absolute Gasteiger partial charge is 0.166 e. The molecule has 1 heterocycles. The number of Topliss-reactive ketones (excluding diaryl/α,β-unsaturated/α-hetero) is 1. The van der Waals surface area contributed by atoms with E-state index in [1.54, 1.807) is 0 Å². The minimum absolute atomic E-state index is 0.0146. The molecule has 0 N–H and O–H groups in total. The average molecular weight is 381 g/mol. The predicted molar refractivity (Wildman–Crippen MR) is 113 cm³/mol. The van der Waals surface area contributed by atoms with Gasteiger partial charge in [-0.2, -0.15) is 0 Å². The van der Waals surface area contributed by atoms with Crippen LogP contribution in [0.2, 0.25) is 0 Å². The van der Waals surface area contributed by atoms with E-state index in [1.165, 1.54) is 5.56 Å². The molecule has 0 unspecified atom stereocenters. The zero-order chi connectivity index (χ0) is 19.9. The van der Waals surface area contributed by atoms with Crippen molar-refractivity contribution in [2.75, 3.05) is 32.7 Å². The molecule has 2 aromatic rings. The third kappa shape index (κ3) is 5.51. The topological polar surface area (TPSA) is 32.8 Å². The lowest BCUT2D eigenvalue weighted by Crippen LogP contribution is -2.51. The highest BCUT2D eigenvalue weighted by atomic mass is 16.5. The second kappa shape index (κ2) is 9.97. The van der Waals surface area contributed by atoms with Crippen LogP contribution in [0.4, 0.5) is 0 Å². The van der Waals surface area contributed by atoms with Crippen molar-refractivity contribution in [3.05, 3.63) is 71.8 Å². The van der Waals surface area contributed by atoms with Crippen molar-refractivity contribution in [2.24, 2.45) is 5.92 Å². The highest BCUT2D eigenvalue weighted by molar-refractivity contribution is 5.97. The molecule has 0 saturated carbocycles. The Bertz CT molecular complexity index is 727. The highest BCUT2D eigenvalue weighted by Gasteiger charge is 2.25. The number of hydrogen-bond donors (Lipinski definition) is 0. The van der Waals surface area contributed by atoms with Gasteiger partial charge >= 0.3 is 0 Å². The first-order chi connectivity index (χ1) is 13.5. The summed E-state index contributed by atoms with van der Waals surface area (Å²) in [5, 5.41) is 0. The fraction of sp³-hybridized carbons (Fsp3) is 0.458. The van der Waals surface area contributed by atoms with Crippen molar-refractivity contribution in [1.82, 2.24) is 9.80 Å². The number of piperazine rings is 1. The lowest BCUT2D eigenvalue weighted by atomic mass is 9.98. The van der Waals surface area contributed by atoms with E-state index in [0.717, 1.165) is 38.3 Å². The summed E-state index contributed by atoms with van der Waals surface area (Å²) in [5.74, 6) is 0.247. The van der Waals surface area contributed by atoms with Gasteiger partial charge in [0.15, 0.2) is 5.78 Å². The summed E-state index contributed by atoms with van der Waals surface area (Å²) in [6.45, 7) is 11.0. The zero-order valence-corrected chi connectivity index (χ0v) is 17.3. The molecule has 150 valence electrons. The van der Waals surface area contributed by atoms with E-state index >= 15 is 0 Å². The first kappa shape index (κ1) is 20.7. The Morgan fingerprint density at radius 1 is 0.893 bits per heavy atom. The molecule has 1 aliphatic rings. The first-order valence-corrected chi connectivity index (χ1v) is 10.3. The van der Waals surface area contributed by atoms with Gasteiger partial charge in [-0.25, -0.2) is 0 Å². The molecule has 4 nitrogen and oxygen atoms in total. The molecule has 2 aromatic carbocycles. The third-order valence-electron chi connectivity index (χ3n) is 5.63. The van der Waals surface area contributed by atoms with Crippen molar-refractivity contribution in [3.63, 3.8) is 0 Å². The van der Waals surface area contributed by atoms with Crippen molar-refractivity contribution >= 4 is 5.78 Å². The standard InChI is InChI=1S/C24H32N2O2/c1-19(24(27)23-12-8-5-9-13-23)18-25-14-16-26(17-15-25)21(3)28-20(2)22-10-6-4-7-11-22/h4-13,19-21H,14-18H2,1-3H3/t19-,20-,21-/m1/s1. The number of nitrogens with zero attached hydrogens (tertiary/aromatic N) is 2. The van der Waals surface area contributed by atoms with Crippen molar-refractivity contribution < 1.29 is 9.53 Å². The molecule has 1 fully saturated rings. The molecule has 28 heavy (non-hydrogen) atoms. The van der Waals surface area contributed by atoms with E-state index in [1.807, 2.05) is 43.3 Å². The summed E-state index contributed by atoms with van der Waals surface area (Å²) < 4.78 is 6.24. The molecule has 0 amide bonds. The minimum Gasteiger partial charge on any atom is -0.356 e. The molecular formula is C24H32N2O2. The SMILES string of the molecule is C[C@H](CN1CCN([C@@H](C)O[C@H](C)c2ccccc2)CC1)C(=O)c1ccccc1. The monoisotopic (exact) mass is 380 g/mol. The third-order valence-corrected chi connectivity index (χ3v) is 5.63. The van der Waals surface area contributed by atoms with Gasteiger partial charge in [0.2, 0.25) is 0 Å². The van der Waals surface area contributed by atoms with Crippen LogP contribution in [0.1, 0.15) is 42.8 Å². The normalized spacial score (nSPS) is 19.1. The van der Waals surface area contributed by atoms with Crippen molar-refractivity contribution in [1.29, 1.82) is 0 Å². The van der Waals surface area contributed by atoms with E-state index in [9.17, 15) is 4.79 Å². The molecule has 4 heteroatoms. The minimum atomic E-state index is 0.0146. The largest absolute Gasteiger partial charge is 0.356 e. The van der Waals surface area contributed by atoms with Gasteiger partial charge in [0.1, 0.15) is 6.23 Å². The second-order valence-electron chi connectivity index (χ2n) is 7.76. The summed E-state index contributed by atoms with van der Waals surface area (Å²) in [7, 11) is 0. The van der Waals surface area contributed by atoms with Crippen LogP contribution in [0, 0.1) is 5.92 Å². The van der Waals surface area contributed by atoms with Crippen molar-refractivity contribution in [3.8, 4) is 0 Å². The Morgan fingerprint density at radius 3 is 2.07 bits per heavy atom. The average Bonchev–Trinajstić information content (AvgIpc) is 2.74. The maximum Gasteiger partial charge on any atom is 0.166 e. The number of ether oxygens (including phenoxy) is 1. The van der Waals surface area contributed by atoms with Gasteiger partial charge in [-0.1, -0.05) is 67.6 Å². The second-order valence-corrected chi connectivity index (χ2v) is 7.76. The maximum absolute atomic E-state index is 12.6. The molecule has 0 aliphatic carbocycles. The van der Waals surface area contributed by atoms with Crippen LogP contribution in [-0.2, 0) is 4.74 Å². The highest BCUT2D eigenvalue weighted by Crippen LogP contribution is 2.20. The van der Waals surface area contributed by atoms with E-state index < -0.39 is 0 Å². The Kier molecular flexibility index (Phi) is 7.37. The molecule has 0 bridgehead atoms. The Hall–Kier alpha value is -2.01. The molecule has 0 aromatic heterocycles. The summed E-state index contributed by atoms with van der Waals surface area (Å²) in [5.41, 5.74) is 2.02. The first-order valence-electron chi connectivity index (χ1n) is 10.3. The predicted octanol–water partition coefficient (Wildman–Crippen LogP) is 4.25. The van der Waals surface area contributed by atoms with Gasteiger partial charge in [0.25, 0.3) is 0 Å². The summed E-state index contributed by atoms with van der Waals surface area (Å²) >= 11 is 0. The van der Waals surface area contributed by atoms with Crippen LogP contribution < -0.4 is 0 Å². The Labute approximate surface area is 169 Å². The molecule has 3 atom stereocenters. The lowest BCUT2D eigenvalue weighted by Gasteiger charge is -2.39. The van der Waals surface area contributed by atoms with Crippen LogP contribution in [0.25, 0.3) is 0 Å². The lowest BCUT2D eigenvalue weighted by molar-refractivity contribution is -0.0976. The van der Waals surface area contributed by atoms with Crippen LogP contribution in [-0.4, -0.2) is 54.5 Å². The molecule has 1 saturated heterocycles. The van der Waals surface area contributed by atoms with Gasteiger partial charge in [-0.15, -0.1) is 0 Å². The Morgan fingerprint density at radius 2 is 1.46 bits per heavy atom. The molecule has 0 radical (unpaired) electrons. The molecule has 3 rings (SSSR count). The molecule has 0 spiro atoms. The van der Waals surface area contributed by atoms with Crippen LogP contribution >= 0.6 is 0 Å². The zero-order valence-electron chi connectivity index (χ0n) is 17.3. The van der Waals surface area contributed by atoms with E-state index in [-0.39, 0.29) is 24.0 Å². The number of hydrogen-bond acceptors (Lipinski definition) is 4.